The second kappa shape index (κ2) is 14.6. The van der Waals surface area contributed by atoms with Crippen LogP contribution in [0.4, 0.5) is 5.69 Å². The van der Waals surface area contributed by atoms with Crippen molar-refractivity contribution in [2.24, 2.45) is 9.98 Å². The summed E-state index contributed by atoms with van der Waals surface area (Å²) in [6.45, 7) is 12.3. The minimum Gasteiger partial charge on any atom is -0.376 e. The normalized spacial score (nSPS) is 12.5. The maximum Gasteiger partial charge on any atom is 0.142 e. The molecule has 0 saturated carbocycles. The molecule has 6 nitrogen and oxygen atoms in total. The second-order valence-corrected chi connectivity index (χ2v) is 9.95. The van der Waals surface area contributed by atoms with E-state index in [1.165, 1.54) is 5.57 Å². The molecule has 3 aromatic rings. The van der Waals surface area contributed by atoms with E-state index in [-0.39, 0.29) is 0 Å². The summed E-state index contributed by atoms with van der Waals surface area (Å²) in [6, 6.07) is 24.4. The van der Waals surface area contributed by atoms with Crippen LogP contribution in [0.15, 0.2) is 117 Å². The first kappa shape index (κ1) is 30.8. The molecular formula is C35H40N6. The molecule has 1 aromatic heterocycles. The van der Waals surface area contributed by atoms with E-state index >= 15 is 0 Å². The average Bonchev–Trinajstić information content (AvgIpc) is 3.01. The number of anilines is 1. The molecular weight excluding hydrogens is 504 g/mol. The standard InChI is InChI=1S/C35H40N6/c1-9-25(3)31(41(8)32-21-30(23-36)38-24-27(32)10-2)22-33(40(6)7)34(37-5)26(4)39-35(28-17-13-11-14-18-28)29-19-15-12-16-20-29/h11-22,24H,5,9-10H2,1-4,6-8H3/b31-25-,33-22+,34-26-. The summed E-state index contributed by atoms with van der Waals surface area (Å²) in [7, 11) is 6.03. The van der Waals surface area contributed by atoms with Crippen LogP contribution in [0.3, 0.4) is 0 Å². The van der Waals surface area contributed by atoms with Crippen LogP contribution in [-0.4, -0.2) is 43.5 Å². The smallest absolute Gasteiger partial charge is 0.142 e. The number of nitriles is 1. The van der Waals surface area contributed by atoms with Crippen LogP contribution in [0, 0.1) is 11.3 Å². The van der Waals surface area contributed by atoms with Crippen molar-refractivity contribution in [1.29, 1.82) is 5.26 Å². The van der Waals surface area contributed by atoms with E-state index in [0.717, 1.165) is 58.0 Å². The molecule has 3 rings (SSSR count). The number of aromatic nitrogens is 1. The Morgan fingerprint density at radius 2 is 1.56 bits per heavy atom. The van der Waals surface area contributed by atoms with Crippen molar-refractivity contribution < 1.29 is 0 Å². The molecule has 6 heteroatoms. The topological polar surface area (TPSA) is 67.9 Å². The lowest BCUT2D eigenvalue weighted by atomic mass is 10.0. The molecule has 2 aromatic carbocycles. The Morgan fingerprint density at radius 1 is 0.976 bits per heavy atom. The number of hydrogen-bond donors (Lipinski definition) is 0. The van der Waals surface area contributed by atoms with E-state index in [1.54, 1.807) is 6.20 Å². The Kier molecular flexibility index (Phi) is 10.9. The van der Waals surface area contributed by atoms with Crippen LogP contribution in [0.2, 0.25) is 0 Å². The number of benzene rings is 2. The number of allylic oxidation sites excluding steroid dienone is 3. The van der Waals surface area contributed by atoms with Crippen molar-refractivity contribution in [2.45, 2.75) is 40.5 Å². The summed E-state index contributed by atoms with van der Waals surface area (Å²) < 4.78 is 0. The van der Waals surface area contributed by atoms with Gasteiger partial charge in [-0.3, -0.25) is 9.98 Å². The molecule has 0 fully saturated rings. The molecule has 0 aliphatic carbocycles. The molecule has 0 aliphatic rings. The van der Waals surface area contributed by atoms with E-state index in [0.29, 0.717) is 11.4 Å². The van der Waals surface area contributed by atoms with Gasteiger partial charge in [0.2, 0.25) is 0 Å². The third-order valence-corrected chi connectivity index (χ3v) is 7.02. The van der Waals surface area contributed by atoms with Crippen molar-refractivity contribution in [3.63, 3.8) is 0 Å². The number of hydrogen-bond acceptors (Lipinski definition) is 6. The summed E-state index contributed by atoms with van der Waals surface area (Å²) in [6.07, 6.45) is 5.59. The minimum absolute atomic E-state index is 0.391. The first-order valence-corrected chi connectivity index (χ1v) is 13.8. The zero-order valence-corrected chi connectivity index (χ0v) is 25.3. The van der Waals surface area contributed by atoms with Crippen molar-refractivity contribution in [2.75, 3.05) is 26.0 Å². The first-order chi connectivity index (χ1) is 19.7. The SMILES string of the molecule is C=NC(=C(/C)N=C(c1ccccc1)c1ccccc1)/C(=C\C(=C(/C)CC)N(C)c1cc(C#N)ncc1CC)N(C)C. The van der Waals surface area contributed by atoms with Gasteiger partial charge in [-0.25, -0.2) is 4.98 Å². The predicted octanol–water partition coefficient (Wildman–Crippen LogP) is 7.55. The zero-order chi connectivity index (χ0) is 29.9. The van der Waals surface area contributed by atoms with Gasteiger partial charge in [0.25, 0.3) is 0 Å². The van der Waals surface area contributed by atoms with Crippen molar-refractivity contribution in [3.8, 4) is 6.07 Å². The quantitative estimate of drug-likeness (QED) is 0.185. The molecule has 0 unspecified atom stereocenters. The van der Waals surface area contributed by atoms with Gasteiger partial charge in [-0.15, -0.1) is 0 Å². The van der Waals surface area contributed by atoms with Gasteiger partial charge < -0.3 is 9.80 Å². The summed E-state index contributed by atoms with van der Waals surface area (Å²) in [4.78, 5) is 18.1. The summed E-state index contributed by atoms with van der Waals surface area (Å²) >= 11 is 0. The number of pyridine rings is 1. The Morgan fingerprint density at radius 3 is 2.02 bits per heavy atom. The molecule has 0 radical (unpaired) electrons. The fourth-order valence-corrected chi connectivity index (χ4v) is 4.56. The molecule has 210 valence electrons. The Bertz CT molecular complexity index is 1480. The third kappa shape index (κ3) is 7.46. The number of aliphatic imine (C=N–C) groups is 2. The van der Waals surface area contributed by atoms with Gasteiger partial charge in [-0.2, -0.15) is 5.26 Å². The summed E-state index contributed by atoms with van der Waals surface area (Å²) in [5.41, 5.74) is 9.88. The summed E-state index contributed by atoms with van der Waals surface area (Å²) in [5, 5.41) is 9.52. The van der Waals surface area contributed by atoms with Gasteiger partial charge in [0.15, 0.2) is 0 Å². The van der Waals surface area contributed by atoms with Crippen LogP contribution in [0.1, 0.15) is 56.5 Å². The molecule has 0 amide bonds. The second-order valence-electron chi connectivity index (χ2n) is 9.95. The Hall–Kier alpha value is -4.76. The van der Waals surface area contributed by atoms with Crippen molar-refractivity contribution >= 4 is 18.1 Å². The van der Waals surface area contributed by atoms with Gasteiger partial charge in [-0.05, 0) is 56.7 Å². The van der Waals surface area contributed by atoms with Gasteiger partial charge in [0, 0.05) is 49.9 Å². The van der Waals surface area contributed by atoms with Gasteiger partial charge in [0.05, 0.1) is 17.1 Å². The highest BCUT2D eigenvalue weighted by Gasteiger charge is 2.18. The predicted molar refractivity (Wildman–Crippen MR) is 172 cm³/mol. The maximum atomic E-state index is 9.52. The van der Waals surface area contributed by atoms with Crippen LogP contribution < -0.4 is 4.90 Å². The number of likely N-dealkylation sites (N-methyl/N-ethyl adjacent to an activating group) is 2. The van der Waals surface area contributed by atoms with Crippen LogP contribution in [-0.2, 0) is 6.42 Å². The highest BCUT2D eigenvalue weighted by molar-refractivity contribution is 6.13. The highest BCUT2D eigenvalue weighted by atomic mass is 15.1. The molecule has 0 aliphatic heterocycles. The monoisotopic (exact) mass is 544 g/mol. The lowest BCUT2D eigenvalue weighted by Gasteiger charge is -2.28. The largest absolute Gasteiger partial charge is 0.376 e. The molecule has 0 N–H and O–H groups in total. The van der Waals surface area contributed by atoms with Crippen LogP contribution >= 0.6 is 0 Å². The number of nitrogens with zero attached hydrogens (tertiary/aromatic N) is 6. The minimum atomic E-state index is 0.391. The van der Waals surface area contributed by atoms with Gasteiger partial charge in [-0.1, -0.05) is 74.5 Å². The zero-order valence-electron chi connectivity index (χ0n) is 25.3. The van der Waals surface area contributed by atoms with E-state index in [9.17, 15) is 5.26 Å². The average molecular weight is 545 g/mol. The van der Waals surface area contributed by atoms with Crippen LogP contribution in [0.5, 0.6) is 0 Å². The molecule has 0 atom stereocenters. The molecule has 0 saturated heterocycles. The van der Waals surface area contributed by atoms with Gasteiger partial charge in [0.1, 0.15) is 17.5 Å². The molecule has 0 bridgehead atoms. The van der Waals surface area contributed by atoms with E-state index in [4.69, 9.17) is 4.99 Å². The highest BCUT2D eigenvalue weighted by Crippen LogP contribution is 2.30. The van der Waals surface area contributed by atoms with Crippen molar-refractivity contribution in [3.05, 3.63) is 130 Å². The lowest BCUT2D eigenvalue weighted by molar-refractivity contribution is 0.518. The molecule has 0 spiro atoms. The molecule has 1 heterocycles. The van der Waals surface area contributed by atoms with Crippen molar-refractivity contribution in [1.82, 2.24) is 9.88 Å². The first-order valence-electron chi connectivity index (χ1n) is 13.8. The lowest BCUT2D eigenvalue weighted by Crippen LogP contribution is -2.21. The third-order valence-electron chi connectivity index (χ3n) is 7.02. The van der Waals surface area contributed by atoms with E-state index in [1.807, 2.05) is 75.4 Å². The Balaban J connectivity index is 2.25. The summed E-state index contributed by atoms with van der Waals surface area (Å²) in [5.74, 6) is 0. The number of rotatable bonds is 11. The number of aryl methyl sites for hydroxylation is 1. The van der Waals surface area contributed by atoms with Gasteiger partial charge >= 0.3 is 0 Å². The van der Waals surface area contributed by atoms with E-state index in [2.05, 4.69) is 78.8 Å². The fourth-order valence-electron chi connectivity index (χ4n) is 4.56. The fraction of sp³-hybridized carbons (Fsp3) is 0.257. The molecule has 41 heavy (non-hydrogen) atoms. The Labute approximate surface area is 245 Å². The maximum absolute atomic E-state index is 9.52. The van der Waals surface area contributed by atoms with E-state index < -0.39 is 0 Å². The van der Waals surface area contributed by atoms with Crippen LogP contribution in [0.25, 0.3) is 0 Å².